The number of nitrogens with one attached hydrogen (secondary N) is 2. The molecule has 0 bridgehead atoms. The summed E-state index contributed by atoms with van der Waals surface area (Å²) in [5.41, 5.74) is 5.96. The number of aromatic nitrogens is 2. The number of amides is 1. The maximum Gasteiger partial charge on any atom is 0.343 e. The van der Waals surface area contributed by atoms with Crippen molar-refractivity contribution in [2.75, 3.05) is 12.5 Å². The first-order valence-corrected chi connectivity index (χ1v) is 7.80. The van der Waals surface area contributed by atoms with Gasteiger partial charge >= 0.3 is 5.97 Å². The SMILES string of the molecule is COC(=O)c1c(F)cccc1NNC(=O)c1cnn(CC(C)C)c1C. The van der Waals surface area contributed by atoms with Crippen LogP contribution < -0.4 is 10.9 Å². The molecule has 8 heteroatoms. The zero-order valence-electron chi connectivity index (χ0n) is 14.6. The van der Waals surface area contributed by atoms with E-state index in [2.05, 4.69) is 34.5 Å². The Hall–Kier alpha value is -2.90. The molecule has 2 rings (SSSR count). The van der Waals surface area contributed by atoms with Gasteiger partial charge in [-0.25, -0.2) is 9.18 Å². The smallest absolute Gasteiger partial charge is 0.343 e. The van der Waals surface area contributed by atoms with E-state index in [1.165, 1.54) is 18.3 Å². The standard InChI is InChI=1S/C17H21FN4O3/c1-10(2)9-22-11(3)12(8-19-22)16(23)21-20-14-7-5-6-13(18)15(14)17(24)25-4/h5-8,10,20H,9H2,1-4H3,(H,21,23). The highest BCUT2D eigenvalue weighted by molar-refractivity contribution is 5.98. The van der Waals surface area contributed by atoms with Crippen molar-refractivity contribution in [3.8, 4) is 0 Å². The van der Waals surface area contributed by atoms with E-state index in [9.17, 15) is 14.0 Å². The number of benzene rings is 1. The minimum Gasteiger partial charge on any atom is -0.465 e. The van der Waals surface area contributed by atoms with E-state index in [0.29, 0.717) is 18.0 Å². The molecule has 0 fully saturated rings. The number of anilines is 1. The molecule has 2 N–H and O–H groups in total. The van der Waals surface area contributed by atoms with Crippen LogP contribution in [-0.4, -0.2) is 28.8 Å². The molecule has 0 aliphatic carbocycles. The number of rotatable bonds is 6. The molecular weight excluding hydrogens is 327 g/mol. The molecule has 0 saturated carbocycles. The van der Waals surface area contributed by atoms with Crippen LogP contribution in [-0.2, 0) is 11.3 Å². The number of carbonyl (C=O) groups excluding carboxylic acids is 2. The third-order valence-electron chi connectivity index (χ3n) is 3.60. The quantitative estimate of drug-likeness (QED) is 0.619. The first-order valence-electron chi connectivity index (χ1n) is 7.80. The first kappa shape index (κ1) is 18.4. The van der Waals surface area contributed by atoms with Gasteiger partial charge in [-0.15, -0.1) is 0 Å². The second kappa shape index (κ2) is 7.78. The molecule has 0 aliphatic rings. The molecule has 1 aromatic carbocycles. The van der Waals surface area contributed by atoms with Crippen LogP contribution in [0.15, 0.2) is 24.4 Å². The Bertz CT molecular complexity index is 786. The molecule has 0 spiro atoms. The van der Waals surface area contributed by atoms with Gasteiger partial charge in [0, 0.05) is 12.2 Å². The zero-order chi connectivity index (χ0) is 18.6. The first-order chi connectivity index (χ1) is 11.8. The van der Waals surface area contributed by atoms with Crippen molar-refractivity contribution < 1.29 is 18.7 Å². The Morgan fingerprint density at radius 1 is 1.36 bits per heavy atom. The molecule has 2 aromatic rings. The molecule has 0 radical (unpaired) electrons. The van der Waals surface area contributed by atoms with Crippen LogP contribution in [0.1, 0.15) is 40.3 Å². The van der Waals surface area contributed by atoms with Crippen LogP contribution in [0.4, 0.5) is 10.1 Å². The van der Waals surface area contributed by atoms with E-state index in [4.69, 9.17) is 0 Å². The summed E-state index contributed by atoms with van der Waals surface area (Å²) in [5, 5.41) is 4.20. The number of esters is 1. The zero-order valence-corrected chi connectivity index (χ0v) is 14.6. The van der Waals surface area contributed by atoms with Gasteiger partial charge in [-0.05, 0) is 25.0 Å². The number of hydrogen-bond donors (Lipinski definition) is 2. The van der Waals surface area contributed by atoms with Crippen LogP contribution in [0.25, 0.3) is 0 Å². The highest BCUT2D eigenvalue weighted by Crippen LogP contribution is 2.19. The van der Waals surface area contributed by atoms with Gasteiger partial charge in [0.2, 0.25) is 0 Å². The molecule has 7 nitrogen and oxygen atoms in total. The topological polar surface area (TPSA) is 85.2 Å². The number of halogens is 1. The summed E-state index contributed by atoms with van der Waals surface area (Å²) in [6.07, 6.45) is 1.47. The highest BCUT2D eigenvalue weighted by atomic mass is 19.1. The van der Waals surface area contributed by atoms with Crippen molar-refractivity contribution >= 4 is 17.6 Å². The Balaban J connectivity index is 2.15. The van der Waals surface area contributed by atoms with Gasteiger partial charge in [0.25, 0.3) is 5.91 Å². The van der Waals surface area contributed by atoms with E-state index in [-0.39, 0.29) is 11.3 Å². The predicted molar refractivity (Wildman–Crippen MR) is 90.6 cm³/mol. The molecule has 1 aromatic heterocycles. The van der Waals surface area contributed by atoms with Crippen molar-refractivity contribution in [1.29, 1.82) is 0 Å². The molecule has 0 unspecified atom stereocenters. The summed E-state index contributed by atoms with van der Waals surface area (Å²) >= 11 is 0. The number of ether oxygens (including phenoxy) is 1. The van der Waals surface area contributed by atoms with Crippen molar-refractivity contribution in [3.63, 3.8) is 0 Å². The number of hydrazine groups is 1. The fourth-order valence-electron chi connectivity index (χ4n) is 2.33. The highest BCUT2D eigenvalue weighted by Gasteiger charge is 2.19. The molecule has 0 saturated heterocycles. The number of carbonyl (C=O) groups is 2. The lowest BCUT2D eigenvalue weighted by Crippen LogP contribution is -2.31. The molecule has 0 aliphatic heterocycles. The second-order valence-corrected chi connectivity index (χ2v) is 5.95. The van der Waals surface area contributed by atoms with Crippen molar-refractivity contribution in [2.24, 2.45) is 5.92 Å². The predicted octanol–water partition coefficient (Wildman–Crippen LogP) is 2.53. The lowest BCUT2D eigenvalue weighted by molar-refractivity contribution is 0.0596. The molecule has 1 amide bonds. The third-order valence-corrected chi connectivity index (χ3v) is 3.60. The Morgan fingerprint density at radius 2 is 2.08 bits per heavy atom. The number of methoxy groups -OCH3 is 1. The van der Waals surface area contributed by atoms with Crippen LogP contribution in [0.2, 0.25) is 0 Å². The fraction of sp³-hybridized carbons (Fsp3) is 0.353. The maximum absolute atomic E-state index is 13.9. The van der Waals surface area contributed by atoms with Crippen molar-refractivity contribution in [2.45, 2.75) is 27.3 Å². The van der Waals surface area contributed by atoms with E-state index < -0.39 is 17.7 Å². The van der Waals surface area contributed by atoms with Gasteiger partial charge in [0.1, 0.15) is 11.4 Å². The lowest BCUT2D eigenvalue weighted by Gasteiger charge is -2.12. The number of nitrogens with zero attached hydrogens (tertiary/aromatic N) is 2. The van der Waals surface area contributed by atoms with Crippen LogP contribution in [0.5, 0.6) is 0 Å². The summed E-state index contributed by atoms with van der Waals surface area (Å²) in [4.78, 5) is 24.0. The number of hydrogen-bond acceptors (Lipinski definition) is 5. The normalized spacial score (nSPS) is 10.6. The molecule has 25 heavy (non-hydrogen) atoms. The van der Waals surface area contributed by atoms with Crippen LogP contribution in [0.3, 0.4) is 0 Å². The summed E-state index contributed by atoms with van der Waals surface area (Å²) < 4.78 is 20.2. The average molecular weight is 348 g/mol. The monoisotopic (exact) mass is 348 g/mol. The van der Waals surface area contributed by atoms with Crippen LogP contribution >= 0.6 is 0 Å². The second-order valence-electron chi connectivity index (χ2n) is 5.95. The summed E-state index contributed by atoms with van der Waals surface area (Å²) in [6, 6.07) is 4.02. The van der Waals surface area contributed by atoms with Gasteiger partial charge in [-0.2, -0.15) is 5.10 Å². The van der Waals surface area contributed by atoms with E-state index in [1.54, 1.807) is 11.6 Å². The van der Waals surface area contributed by atoms with Gasteiger partial charge < -0.3 is 4.74 Å². The molecule has 134 valence electrons. The summed E-state index contributed by atoms with van der Waals surface area (Å²) in [7, 11) is 1.16. The Labute approximate surface area is 145 Å². The molecular formula is C17H21FN4O3. The van der Waals surface area contributed by atoms with E-state index in [1.807, 2.05) is 0 Å². The van der Waals surface area contributed by atoms with E-state index in [0.717, 1.165) is 18.9 Å². The minimum absolute atomic E-state index is 0.104. The van der Waals surface area contributed by atoms with Gasteiger partial charge in [-0.3, -0.25) is 20.3 Å². The average Bonchev–Trinajstić information content (AvgIpc) is 2.92. The summed E-state index contributed by atoms with van der Waals surface area (Å²) in [5.74, 6) is -1.63. The molecule has 0 atom stereocenters. The third kappa shape index (κ3) is 4.14. The summed E-state index contributed by atoms with van der Waals surface area (Å²) in [6.45, 7) is 6.61. The van der Waals surface area contributed by atoms with Gasteiger partial charge in [0.05, 0.1) is 24.6 Å². The fourth-order valence-corrected chi connectivity index (χ4v) is 2.33. The Kier molecular flexibility index (Phi) is 5.74. The lowest BCUT2D eigenvalue weighted by atomic mass is 10.1. The molecule has 1 heterocycles. The van der Waals surface area contributed by atoms with E-state index >= 15 is 0 Å². The largest absolute Gasteiger partial charge is 0.465 e. The van der Waals surface area contributed by atoms with Crippen molar-refractivity contribution in [1.82, 2.24) is 15.2 Å². The van der Waals surface area contributed by atoms with Gasteiger partial charge in [0.15, 0.2) is 0 Å². The van der Waals surface area contributed by atoms with Gasteiger partial charge in [-0.1, -0.05) is 19.9 Å². The van der Waals surface area contributed by atoms with Crippen LogP contribution in [0, 0.1) is 18.7 Å². The Morgan fingerprint density at radius 3 is 2.72 bits per heavy atom. The van der Waals surface area contributed by atoms with Crippen molar-refractivity contribution in [3.05, 3.63) is 47.0 Å². The minimum atomic E-state index is -0.837. The maximum atomic E-state index is 13.9.